The Hall–Kier alpha value is -3.74. The summed E-state index contributed by atoms with van der Waals surface area (Å²) < 4.78 is 25.2. The molecule has 7 heteroatoms. The standard InChI is InChI=1S/C29H34FN3O3/c1-4-5-6-7-8-9-20-35-28-19-18-26(21-27(28)30)36-29(34)22-10-12-23(13-11-22)31-32-24-14-16-25(17-15-24)33(2)3/h10-19,21H,4-9,20H2,1-3H3. The quantitative estimate of drug-likeness (QED) is 0.104. The van der Waals surface area contributed by atoms with Gasteiger partial charge in [-0.15, -0.1) is 0 Å². The van der Waals surface area contributed by atoms with Crippen LogP contribution in [0.4, 0.5) is 21.5 Å². The summed E-state index contributed by atoms with van der Waals surface area (Å²) in [6.07, 6.45) is 6.81. The molecule has 3 aromatic carbocycles. The molecule has 0 amide bonds. The molecule has 0 heterocycles. The maximum atomic E-state index is 14.4. The van der Waals surface area contributed by atoms with Gasteiger partial charge in [0.05, 0.1) is 23.5 Å². The third-order valence-corrected chi connectivity index (χ3v) is 5.62. The molecule has 0 saturated carbocycles. The van der Waals surface area contributed by atoms with Gasteiger partial charge in [0, 0.05) is 25.8 Å². The second-order valence-electron chi connectivity index (χ2n) is 8.76. The molecule has 0 aliphatic rings. The van der Waals surface area contributed by atoms with Crippen molar-refractivity contribution in [1.29, 1.82) is 0 Å². The Labute approximate surface area is 212 Å². The van der Waals surface area contributed by atoms with Crippen LogP contribution in [0.3, 0.4) is 0 Å². The first-order chi connectivity index (χ1) is 17.5. The highest BCUT2D eigenvalue weighted by Gasteiger charge is 2.12. The van der Waals surface area contributed by atoms with Crippen molar-refractivity contribution < 1.29 is 18.7 Å². The van der Waals surface area contributed by atoms with E-state index in [0.29, 0.717) is 17.9 Å². The van der Waals surface area contributed by atoms with Crippen LogP contribution >= 0.6 is 0 Å². The zero-order valence-corrected chi connectivity index (χ0v) is 21.2. The molecule has 0 fully saturated rings. The first-order valence-corrected chi connectivity index (χ1v) is 12.4. The fourth-order valence-corrected chi connectivity index (χ4v) is 3.49. The van der Waals surface area contributed by atoms with Crippen LogP contribution in [0.5, 0.6) is 11.5 Å². The number of halogens is 1. The number of unbranched alkanes of at least 4 members (excludes halogenated alkanes) is 5. The molecule has 0 spiro atoms. The lowest BCUT2D eigenvalue weighted by Crippen LogP contribution is -2.08. The van der Waals surface area contributed by atoms with Gasteiger partial charge in [0.25, 0.3) is 0 Å². The van der Waals surface area contributed by atoms with E-state index in [1.807, 2.05) is 43.3 Å². The fraction of sp³-hybridized carbons (Fsp3) is 0.345. The molecule has 3 rings (SSSR count). The van der Waals surface area contributed by atoms with Gasteiger partial charge in [0.1, 0.15) is 5.75 Å². The number of esters is 1. The summed E-state index contributed by atoms with van der Waals surface area (Å²) in [4.78, 5) is 14.5. The minimum absolute atomic E-state index is 0.120. The van der Waals surface area contributed by atoms with Crippen LogP contribution in [-0.2, 0) is 0 Å². The van der Waals surface area contributed by atoms with Crippen molar-refractivity contribution in [1.82, 2.24) is 0 Å². The van der Waals surface area contributed by atoms with E-state index < -0.39 is 11.8 Å². The van der Waals surface area contributed by atoms with E-state index >= 15 is 0 Å². The number of rotatable bonds is 13. The lowest BCUT2D eigenvalue weighted by molar-refractivity contribution is 0.0734. The zero-order valence-electron chi connectivity index (χ0n) is 21.2. The molecule has 6 nitrogen and oxygen atoms in total. The lowest BCUT2D eigenvalue weighted by atomic mass is 10.1. The first-order valence-electron chi connectivity index (χ1n) is 12.4. The van der Waals surface area contributed by atoms with Crippen molar-refractivity contribution >= 4 is 23.0 Å². The Morgan fingerprint density at radius 1 is 0.833 bits per heavy atom. The number of hydrogen-bond acceptors (Lipinski definition) is 6. The second-order valence-corrected chi connectivity index (χ2v) is 8.76. The number of azo groups is 1. The van der Waals surface area contributed by atoms with Gasteiger partial charge in [-0.3, -0.25) is 0 Å². The van der Waals surface area contributed by atoms with E-state index in [4.69, 9.17) is 9.47 Å². The molecule has 0 aromatic heterocycles. The van der Waals surface area contributed by atoms with Crippen molar-refractivity contribution in [2.45, 2.75) is 45.4 Å². The SMILES string of the molecule is CCCCCCCCOc1ccc(OC(=O)c2ccc(N=Nc3ccc(N(C)C)cc3)cc2)cc1F. The second kappa shape index (κ2) is 14.0. The first kappa shape index (κ1) is 26.9. The number of carbonyl (C=O) groups is 1. The van der Waals surface area contributed by atoms with E-state index in [0.717, 1.165) is 24.2 Å². The molecule has 0 radical (unpaired) electrons. The lowest BCUT2D eigenvalue weighted by Gasteiger charge is -2.11. The van der Waals surface area contributed by atoms with Crippen LogP contribution in [0.1, 0.15) is 55.8 Å². The molecule has 0 saturated heterocycles. The molecule has 0 bridgehead atoms. The molecule has 36 heavy (non-hydrogen) atoms. The third-order valence-electron chi connectivity index (χ3n) is 5.62. The Kier molecular flexibility index (Phi) is 10.4. The smallest absolute Gasteiger partial charge is 0.343 e. The maximum Gasteiger partial charge on any atom is 0.343 e. The van der Waals surface area contributed by atoms with Crippen LogP contribution in [0.15, 0.2) is 77.0 Å². The average molecular weight is 492 g/mol. The van der Waals surface area contributed by atoms with Crippen molar-refractivity contribution in [3.8, 4) is 11.5 Å². The third kappa shape index (κ3) is 8.48. The zero-order chi connectivity index (χ0) is 25.8. The summed E-state index contributed by atoms with van der Waals surface area (Å²) in [7, 11) is 3.95. The van der Waals surface area contributed by atoms with Crippen LogP contribution in [0, 0.1) is 5.82 Å². The maximum absolute atomic E-state index is 14.4. The van der Waals surface area contributed by atoms with E-state index in [2.05, 4.69) is 17.2 Å². The largest absolute Gasteiger partial charge is 0.491 e. The van der Waals surface area contributed by atoms with Gasteiger partial charge in [-0.1, -0.05) is 39.0 Å². The van der Waals surface area contributed by atoms with Gasteiger partial charge in [0.15, 0.2) is 11.6 Å². The summed E-state index contributed by atoms with van der Waals surface area (Å²) in [5.74, 6) is -0.859. The van der Waals surface area contributed by atoms with Crippen molar-refractivity contribution in [2.75, 3.05) is 25.6 Å². The molecule has 0 unspecified atom stereocenters. The van der Waals surface area contributed by atoms with E-state index in [9.17, 15) is 9.18 Å². The minimum Gasteiger partial charge on any atom is -0.491 e. The highest BCUT2D eigenvalue weighted by Crippen LogP contribution is 2.25. The number of nitrogens with zero attached hydrogens (tertiary/aromatic N) is 3. The molecule has 3 aromatic rings. The highest BCUT2D eigenvalue weighted by atomic mass is 19.1. The number of ether oxygens (including phenoxy) is 2. The Balaban J connectivity index is 1.49. The van der Waals surface area contributed by atoms with Crippen LogP contribution in [0.2, 0.25) is 0 Å². The predicted molar refractivity (Wildman–Crippen MR) is 142 cm³/mol. The average Bonchev–Trinajstić information content (AvgIpc) is 2.88. The monoisotopic (exact) mass is 491 g/mol. The fourth-order valence-electron chi connectivity index (χ4n) is 3.49. The normalized spacial score (nSPS) is 11.0. The van der Waals surface area contributed by atoms with Crippen molar-refractivity contribution in [3.05, 3.63) is 78.1 Å². The topological polar surface area (TPSA) is 63.5 Å². The molecule has 0 N–H and O–H groups in total. The molecule has 190 valence electrons. The van der Waals surface area contributed by atoms with Gasteiger partial charge in [0.2, 0.25) is 0 Å². The Morgan fingerprint density at radius 2 is 1.44 bits per heavy atom. The van der Waals surface area contributed by atoms with Crippen molar-refractivity contribution in [3.63, 3.8) is 0 Å². The van der Waals surface area contributed by atoms with Gasteiger partial charge in [-0.25, -0.2) is 9.18 Å². The van der Waals surface area contributed by atoms with Gasteiger partial charge in [-0.2, -0.15) is 10.2 Å². The Bertz CT molecular complexity index is 1130. The molecule has 0 aliphatic heterocycles. The predicted octanol–water partition coefficient (Wildman–Crippen LogP) is 8.27. The van der Waals surface area contributed by atoms with E-state index in [1.54, 1.807) is 24.3 Å². The number of anilines is 1. The van der Waals surface area contributed by atoms with Gasteiger partial charge in [-0.05, 0) is 67.1 Å². The number of carbonyl (C=O) groups excluding carboxylic acids is 1. The minimum atomic E-state index is -0.585. The summed E-state index contributed by atoms with van der Waals surface area (Å²) in [6, 6.07) is 18.4. The molecule has 0 atom stereocenters. The number of benzene rings is 3. The van der Waals surface area contributed by atoms with Crippen LogP contribution < -0.4 is 14.4 Å². The molecule has 0 aliphatic carbocycles. The highest BCUT2D eigenvalue weighted by molar-refractivity contribution is 5.91. The van der Waals surface area contributed by atoms with Gasteiger partial charge >= 0.3 is 5.97 Å². The summed E-state index contributed by atoms with van der Waals surface area (Å²) in [5, 5.41) is 8.42. The Morgan fingerprint density at radius 3 is 2.06 bits per heavy atom. The molecular weight excluding hydrogens is 457 g/mol. The summed E-state index contributed by atoms with van der Waals surface area (Å²) in [5.41, 5.74) is 2.73. The van der Waals surface area contributed by atoms with E-state index in [-0.39, 0.29) is 11.5 Å². The summed E-state index contributed by atoms with van der Waals surface area (Å²) >= 11 is 0. The van der Waals surface area contributed by atoms with Crippen LogP contribution in [-0.4, -0.2) is 26.7 Å². The number of hydrogen-bond donors (Lipinski definition) is 0. The molecular formula is C29H34FN3O3. The van der Waals surface area contributed by atoms with Crippen molar-refractivity contribution in [2.24, 2.45) is 10.2 Å². The van der Waals surface area contributed by atoms with E-state index in [1.165, 1.54) is 43.9 Å². The van der Waals surface area contributed by atoms with Crippen LogP contribution in [0.25, 0.3) is 0 Å². The summed E-state index contributed by atoms with van der Waals surface area (Å²) in [6.45, 7) is 2.65. The van der Waals surface area contributed by atoms with Gasteiger partial charge < -0.3 is 14.4 Å².